The van der Waals surface area contributed by atoms with Crippen LogP contribution < -0.4 is 0 Å². The molecular weight excluding hydrogens is 200 g/mol. The summed E-state index contributed by atoms with van der Waals surface area (Å²) in [6.45, 7) is 2.54. The van der Waals surface area contributed by atoms with E-state index in [1.807, 2.05) is 12.4 Å². The summed E-state index contributed by atoms with van der Waals surface area (Å²) in [5.74, 6) is 0. The number of pyridine rings is 1. The van der Waals surface area contributed by atoms with Crippen molar-refractivity contribution < 1.29 is 5.11 Å². The highest BCUT2D eigenvalue weighted by molar-refractivity contribution is 5.09. The molecule has 16 heavy (non-hydrogen) atoms. The van der Waals surface area contributed by atoms with Crippen LogP contribution in [0.4, 0.5) is 0 Å². The molecule has 0 aliphatic carbocycles. The lowest BCUT2D eigenvalue weighted by Crippen LogP contribution is -2.29. The molecule has 2 rings (SSSR count). The highest BCUT2D eigenvalue weighted by Gasteiger charge is 2.23. The molecule has 1 aromatic rings. The van der Waals surface area contributed by atoms with E-state index in [4.69, 9.17) is 5.11 Å². The van der Waals surface area contributed by atoms with E-state index in [1.165, 1.54) is 24.9 Å². The Balaban J connectivity index is 1.88. The van der Waals surface area contributed by atoms with Crippen molar-refractivity contribution in [3.8, 4) is 0 Å². The van der Waals surface area contributed by atoms with Crippen LogP contribution in [0.15, 0.2) is 24.5 Å². The number of nitrogens with zero attached hydrogens (tertiary/aromatic N) is 2. The van der Waals surface area contributed by atoms with Crippen LogP contribution in [-0.2, 0) is 6.54 Å². The van der Waals surface area contributed by atoms with Crippen molar-refractivity contribution in [2.24, 2.45) is 0 Å². The predicted molar refractivity (Wildman–Crippen MR) is 64.0 cm³/mol. The van der Waals surface area contributed by atoms with Gasteiger partial charge in [0.2, 0.25) is 0 Å². The molecule has 1 aliphatic heterocycles. The third-order valence-corrected chi connectivity index (χ3v) is 3.33. The van der Waals surface area contributed by atoms with Crippen LogP contribution in [0.5, 0.6) is 0 Å². The summed E-state index contributed by atoms with van der Waals surface area (Å²) in [6.07, 6.45) is 8.34. The quantitative estimate of drug-likeness (QED) is 0.822. The Morgan fingerprint density at radius 3 is 2.94 bits per heavy atom. The van der Waals surface area contributed by atoms with Crippen LogP contribution in [0.25, 0.3) is 0 Å². The van der Waals surface area contributed by atoms with Gasteiger partial charge in [0.15, 0.2) is 0 Å². The number of aliphatic hydroxyl groups excluding tert-OH is 1. The van der Waals surface area contributed by atoms with Gasteiger partial charge in [-0.3, -0.25) is 9.88 Å². The molecule has 0 radical (unpaired) electrons. The molecule has 3 heteroatoms. The van der Waals surface area contributed by atoms with Crippen molar-refractivity contribution in [3.63, 3.8) is 0 Å². The normalized spacial score (nSPS) is 21.4. The summed E-state index contributed by atoms with van der Waals surface area (Å²) in [5, 5.41) is 8.88. The first-order valence-corrected chi connectivity index (χ1v) is 6.14. The fourth-order valence-corrected chi connectivity index (χ4v) is 2.48. The van der Waals surface area contributed by atoms with Crippen LogP contribution in [0.2, 0.25) is 0 Å². The third-order valence-electron chi connectivity index (χ3n) is 3.33. The Morgan fingerprint density at radius 2 is 2.19 bits per heavy atom. The van der Waals surface area contributed by atoms with Gasteiger partial charge in [0, 0.05) is 31.6 Å². The van der Waals surface area contributed by atoms with Gasteiger partial charge in [-0.15, -0.1) is 0 Å². The summed E-state index contributed by atoms with van der Waals surface area (Å²) in [5.41, 5.74) is 1.34. The molecule has 0 amide bonds. The van der Waals surface area contributed by atoms with Crippen LogP contribution >= 0.6 is 0 Å². The van der Waals surface area contributed by atoms with Gasteiger partial charge in [-0.2, -0.15) is 0 Å². The molecule has 1 fully saturated rings. The Hall–Kier alpha value is -0.930. The Bertz CT molecular complexity index is 302. The Kier molecular flexibility index (Phi) is 4.31. The zero-order valence-electron chi connectivity index (χ0n) is 9.68. The summed E-state index contributed by atoms with van der Waals surface area (Å²) in [4.78, 5) is 6.57. The van der Waals surface area contributed by atoms with Crippen molar-refractivity contribution in [2.45, 2.75) is 38.3 Å². The summed E-state index contributed by atoms with van der Waals surface area (Å²) in [7, 11) is 0. The first kappa shape index (κ1) is 11.6. The van der Waals surface area contributed by atoms with Crippen molar-refractivity contribution in [1.82, 2.24) is 9.88 Å². The van der Waals surface area contributed by atoms with Crippen molar-refractivity contribution in [1.29, 1.82) is 0 Å². The second kappa shape index (κ2) is 5.97. The second-order valence-electron chi connectivity index (χ2n) is 4.49. The van der Waals surface area contributed by atoms with Gasteiger partial charge in [-0.05, 0) is 49.9 Å². The minimum absolute atomic E-state index is 0.319. The Labute approximate surface area is 97.1 Å². The van der Waals surface area contributed by atoms with E-state index in [0.717, 1.165) is 19.4 Å². The SMILES string of the molecule is OCCCC1CCCN1Cc1ccncc1. The van der Waals surface area contributed by atoms with E-state index in [-0.39, 0.29) is 0 Å². The number of aromatic nitrogens is 1. The molecule has 1 saturated heterocycles. The van der Waals surface area contributed by atoms with E-state index < -0.39 is 0 Å². The molecule has 1 unspecified atom stereocenters. The van der Waals surface area contributed by atoms with E-state index in [2.05, 4.69) is 22.0 Å². The van der Waals surface area contributed by atoms with Crippen LogP contribution in [0.1, 0.15) is 31.2 Å². The molecule has 1 atom stereocenters. The van der Waals surface area contributed by atoms with Crippen LogP contribution in [0.3, 0.4) is 0 Å². The molecule has 2 heterocycles. The minimum Gasteiger partial charge on any atom is -0.396 e. The molecule has 88 valence electrons. The highest BCUT2D eigenvalue weighted by Crippen LogP contribution is 2.23. The van der Waals surface area contributed by atoms with Gasteiger partial charge >= 0.3 is 0 Å². The minimum atomic E-state index is 0.319. The predicted octanol–water partition coefficient (Wildman–Crippen LogP) is 1.82. The molecule has 1 N–H and O–H groups in total. The number of hydrogen-bond acceptors (Lipinski definition) is 3. The second-order valence-corrected chi connectivity index (χ2v) is 4.49. The van der Waals surface area contributed by atoms with E-state index in [0.29, 0.717) is 12.6 Å². The molecule has 0 bridgehead atoms. The standard InChI is InChI=1S/C13H20N2O/c16-10-2-4-13-3-1-9-15(13)11-12-5-7-14-8-6-12/h5-8,13,16H,1-4,9-11H2. The summed E-state index contributed by atoms with van der Waals surface area (Å²) < 4.78 is 0. The number of aliphatic hydroxyl groups is 1. The summed E-state index contributed by atoms with van der Waals surface area (Å²) in [6, 6.07) is 4.84. The number of rotatable bonds is 5. The molecule has 3 nitrogen and oxygen atoms in total. The van der Waals surface area contributed by atoms with Crippen molar-refractivity contribution >= 4 is 0 Å². The van der Waals surface area contributed by atoms with Crippen molar-refractivity contribution in [3.05, 3.63) is 30.1 Å². The molecule has 1 aliphatic rings. The van der Waals surface area contributed by atoms with Gasteiger partial charge in [-0.1, -0.05) is 0 Å². The van der Waals surface area contributed by atoms with Gasteiger partial charge in [0.25, 0.3) is 0 Å². The lowest BCUT2D eigenvalue weighted by Gasteiger charge is -2.24. The van der Waals surface area contributed by atoms with Gasteiger partial charge in [0.05, 0.1) is 0 Å². The van der Waals surface area contributed by atoms with E-state index in [9.17, 15) is 0 Å². The lowest BCUT2D eigenvalue weighted by atomic mass is 10.1. The number of likely N-dealkylation sites (tertiary alicyclic amines) is 1. The first-order valence-electron chi connectivity index (χ1n) is 6.14. The molecule has 1 aromatic heterocycles. The smallest absolute Gasteiger partial charge is 0.0431 e. The summed E-state index contributed by atoms with van der Waals surface area (Å²) >= 11 is 0. The maximum atomic E-state index is 8.88. The van der Waals surface area contributed by atoms with Gasteiger partial charge in [-0.25, -0.2) is 0 Å². The first-order chi connectivity index (χ1) is 7.90. The average Bonchev–Trinajstić information content (AvgIpc) is 2.75. The fourth-order valence-electron chi connectivity index (χ4n) is 2.48. The average molecular weight is 220 g/mol. The molecule has 0 spiro atoms. The third kappa shape index (κ3) is 3.03. The molecule has 0 saturated carbocycles. The van der Waals surface area contributed by atoms with Gasteiger partial charge < -0.3 is 5.11 Å². The topological polar surface area (TPSA) is 36.4 Å². The van der Waals surface area contributed by atoms with E-state index >= 15 is 0 Å². The van der Waals surface area contributed by atoms with E-state index in [1.54, 1.807) is 0 Å². The zero-order chi connectivity index (χ0) is 11.2. The zero-order valence-corrected chi connectivity index (χ0v) is 9.68. The van der Waals surface area contributed by atoms with Gasteiger partial charge in [0.1, 0.15) is 0 Å². The Morgan fingerprint density at radius 1 is 1.38 bits per heavy atom. The van der Waals surface area contributed by atoms with Crippen molar-refractivity contribution in [2.75, 3.05) is 13.2 Å². The maximum Gasteiger partial charge on any atom is 0.0431 e. The fraction of sp³-hybridized carbons (Fsp3) is 0.615. The number of hydrogen-bond donors (Lipinski definition) is 1. The maximum absolute atomic E-state index is 8.88. The molecular formula is C13H20N2O. The van der Waals surface area contributed by atoms with Crippen LogP contribution in [-0.4, -0.2) is 34.2 Å². The largest absolute Gasteiger partial charge is 0.396 e. The highest BCUT2D eigenvalue weighted by atomic mass is 16.2. The van der Waals surface area contributed by atoms with Crippen LogP contribution in [0, 0.1) is 0 Å². The lowest BCUT2D eigenvalue weighted by molar-refractivity contribution is 0.210. The monoisotopic (exact) mass is 220 g/mol. The molecule has 0 aromatic carbocycles.